The first-order chi connectivity index (χ1) is 18.5. The van der Waals surface area contributed by atoms with Gasteiger partial charge >= 0.3 is 0 Å². The molecule has 1 aromatic heterocycles. The van der Waals surface area contributed by atoms with Crippen molar-refractivity contribution in [3.63, 3.8) is 0 Å². The van der Waals surface area contributed by atoms with E-state index in [-0.39, 0.29) is 36.9 Å². The number of fused-ring (bicyclic) bond motifs is 2. The van der Waals surface area contributed by atoms with Crippen molar-refractivity contribution in [2.24, 2.45) is 0 Å². The molecule has 2 aliphatic heterocycles. The van der Waals surface area contributed by atoms with Crippen molar-refractivity contribution in [3.05, 3.63) is 93.4 Å². The minimum atomic E-state index is -0.340. The lowest BCUT2D eigenvalue weighted by molar-refractivity contribution is -0.123. The number of anilines is 1. The molecule has 38 heavy (non-hydrogen) atoms. The zero-order valence-corrected chi connectivity index (χ0v) is 22.3. The lowest BCUT2D eigenvalue weighted by atomic mass is 10.1. The molecule has 6 rings (SSSR count). The quantitative estimate of drug-likeness (QED) is 0.277. The van der Waals surface area contributed by atoms with Gasteiger partial charge in [-0.3, -0.25) is 19.3 Å². The molecule has 0 saturated carbocycles. The van der Waals surface area contributed by atoms with Crippen LogP contribution in [-0.2, 0) is 22.7 Å². The molecule has 0 unspecified atom stereocenters. The highest BCUT2D eigenvalue weighted by molar-refractivity contribution is 9.10. The van der Waals surface area contributed by atoms with Crippen LogP contribution >= 0.6 is 27.7 Å². The number of ether oxygens (including phenoxy) is 2. The van der Waals surface area contributed by atoms with Crippen LogP contribution in [0.25, 0.3) is 17.0 Å². The number of nitrogens with zero attached hydrogens (tertiary/aromatic N) is 2. The van der Waals surface area contributed by atoms with Crippen LogP contribution in [0.3, 0.4) is 0 Å². The van der Waals surface area contributed by atoms with Gasteiger partial charge in [-0.15, -0.1) is 0 Å². The lowest BCUT2D eigenvalue weighted by Crippen LogP contribution is -2.27. The average molecular weight is 590 g/mol. The Bertz CT molecular complexity index is 1650. The van der Waals surface area contributed by atoms with Crippen molar-refractivity contribution < 1.29 is 23.9 Å². The van der Waals surface area contributed by atoms with E-state index < -0.39 is 0 Å². The van der Waals surface area contributed by atoms with E-state index in [1.165, 1.54) is 4.90 Å². The standard InChI is InChI=1S/C28H20BrN3O5S/c29-21-7-3-1-5-17(21)14-32-27(34)25(38-28(32)35)11-18-13-31(22-8-4-2-6-20(18)22)15-26(33)30-19-9-10-23-24(12-19)37-16-36-23/h1-13H,14-16H2,(H,30,33)/b25-11-. The number of rotatable bonds is 6. The maximum Gasteiger partial charge on any atom is 0.293 e. The Kier molecular flexibility index (Phi) is 6.42. The molecular weight excluding hydrogens is 570 g/mol. The Hall–Kier alpha value is -4.02. The van der Waals surface area contributed by atoms with Gasteiger partial charge in [0, 0.05) is 38.9 Å². The first kappa shape index (κ1) is 24.3. The fourth-order valence-electron chi connectivity index (χ4n) is 4.43. The lowest BCUT2D eigenvalue weighted by Gasteiger charge is -2.13. The molecule has 1 saturated heterocycles. The number of imide groups is 1. The zero-order chi connectivity index (χ0) is 26.2. The van der Waals surface area contributed by atoms with Crippen LogP contribution in [-0.4, -0.2) is 33.3 Å². The SMILES string of the molecule is O=C(Cn1cc(/C=C2\SC(=O)N(Cc3ccccc3Br)C2=O)c2ccccc21)Nc1ccc2c(c1)OCO2. The van der Waals surface area contributed by atoms with Gasteiger partial charge in [-0.2, -0.15) is 0 Å². The number of nitrogens with one attached hydrogen (secondary N) is 1. The number of hydrogen-bond acceptors (Lipinski definition) is 6. The van der Waals surface area contributed by atoms with Gasteiger partial charge in [0.25, 0.3) is 11.1 Å². The minimum Gasteiger partial charge on any atom is -0.454 e. The Labute approximate surface area is 230 Å². The van der Waals surface area contributed by atoms with E-state index in [1.807, 2.05) is 59.3 Å². The van der Waals surface area contributed by atoms with Gasteiger partial charge in [-0.1, -0.05) is 52.3 Å². The second-order valence-electron chi connectivity index (χ2n) is 8.70. The van der Waals surface area contributed by atoms with Gasteiger partial charge in [0.05, 0.1) is 11.4 Å². The third-order valence-corrected chi connectivity index (χ3v) is 7.92. The minimum absolute atomic E-state index is 0.0618. The molecule has 0 atom stereocenters. The highest BCUT2D eigenvalue weighted by atomic mass is 79.9. The van der Waals surface area contributed by atoms with Gasteiger partial charge in [-0.25, -0.2) is 0 Å². The van der Waals surface area contributed by atoms with E-state index in [9.17, 15) is 14.4 Å². The van der Waals surface area contributed by atoms with Crippen LogP contribution in [0.5, 0.6) is 11.5 Å². The molecule has 0 radical (unpaired) electrons. The molecular formula is C28H20BrN3O5S. The van der Waals surface area contributed by atoms with Crippen molar-refractivity contribution in [2.45, 2.75) is 13.1 Å². The van der Waals surface area contributed by atoms with Gasteiger partial charge in [0.1, 0.15) is 6.54 Å². The highest BCUT2D eigenvalue weighted by Crippen LogP contribution is 2.36. The number of halogens is 1. The molecule has 8 nitrogen and oxygen atoms in total. The first-order valence-electron chi connectivity index (χ1n) is 11.7. The summed E-state index contributed by atoms with van der Waals surface area (Å²) in [5.74, 6) is 0.674. The number of amides is 3. The molecule has 3 heterocycles. The summed E-state index contributed by atoms with van der Waals surface area (Å²) < 4.78 is 13.4. The maximum atomic E-state index is 13.2. The smallest absolute Gasteiger partial charge is 0.293 e. The summed E-state index contributed by atoms with van der Waals surface area (Å²) in [6.45, 7) is 0.409. The van der Waals surface area contributed by atoms with Crippen molar-refractivity contribution in [3.8, 4) is 11.5 Å². The van der Waals surface area contributed by atoms with E-state index in [0.29, 0.717) is 22.1 Å². The number of carbonyl (C=O) groups is 3. The molecule has 4 aromatic rings. The average Bonchev–Trinajstić information content (AvgIpc) is 3.58. The fraction of sp³-hybridized carbons (Fsp3) is 0.107. The predicted molar refractivity (Wildman–Crippen MR) is 149 cm³/mol. The van der Waals surface area contributed by atoms with E-state index in [0.717, 1.165) is 38.3 Å². The first-order valence-corrected chi connectivity index (χ1v) is 13.3. The molecule has 10 heteroatoms. The van der Waals surface area contributed by atoms with Gasteiger partial charge in [-0.05, 0) is 47.7 Å². The molecule has 2 aliphatic rings. The van der Waals surface area contributed by atoms with Crippen molar-refractivity contribution >= 4 is 67.4 Å². The summed E-state index contributed by atoms with van der Waals surface area (Å²) in [6.07, 6.45) is 3.55. The largest absolute Gasteiger partial charge is 0.454 e. The molecule has 0 spiro atoms. The van der Waals surface area contributed by atoms with Crippen LogP contribution in [0, 0.1) is 0 Å². The van der Waals surface area contributed by atoms with E-state index in [4.69, 9.17) is 9.47 Å². The number of carbonyl (C=O) groups excluding carboxylic acids is 3. The summed E-state index contributed by atoms with van der Waals surface area (Å²) in [5.41, 5.74) is 3.05. The van der Waals surface area contributed by atoms with Crippen LogP contribution < -0.4 is 14.8 Å². The summed E-state index contributed by atoms with van der Waals surface area (Å²) in [6, 6.07) is 20.4. The number of para-hydroxylation sites is 1. The van der Waals surface area contributed by atoms with E-state index >= 15 is 0 Å². The van der Waals surface area contributed by atoms with E-state index in [2.05, 4.69) is 21.2 Å². The van der Waals surface area contributed by atoms with Crippen molar-refractivity contribution in [1.29, 1.82) is 0 Å². The topological polar surface area (TPSA) is 89.9 Å². The molecule has 1 fully saturated rings. The summed E-state index contributed by atoms with van der Waals surface area (Å²) in [5, 5.41) is 3.45. The number of hydrogen-bond donors (Lipinski definition) is 1. The Morgan fingerprint density at radius 1 is 1.03 bits per heavy atom. The summed E-state index contributed by atoms with van der Waals surface area (Å²) in [7, 11) is 0. The van der Waals surface area contributed by atoms with Gasteiger partial charge in [0.2, 0.25) is 12.7 Å². The van der Waals surface area contributed by atoms with Crippen LogP contribution in [0.4, 0.5) is 10.5 Å². The van der Waals surface area contributed by atoms with E-state index in [1.54, 1.807) is 24.3 Å². The third-order valence-electron chi connectivity index (χ3n) is 6.24. The highest BCUT2D eigenvalue weighted by Gasteiger charge is 2.35. The predicted octanol–water partition coefficient (Wildman–Crippen LogP) is 6.01. The number of aromatic nitrogens is 1. The fourth-order valence-corrected chi connectivity index (χ4v) is 5.66. The van der Waals surface area contributed by atoms with Gasteiger partial charge < -0.3 is 19.4 Å². The van der Waals surface area contributed by atoms with Crippen molar-refractivity contribution in [1.82, 2.24) is 9.47 Å². The second kappa shape index (κ2) is 10.0. The molecule has 1 N–H and O–H groups in total. The van der Waals surface area contributed by atoms with Gasteiger partial charge in [0.15, 0.2) is 11.5 Å². The Balaban J connectivity index is 1.23. The van der Waals surface area contributed by atoms with Crippen LogP contribution in [0.1, 0.15) is 11.1 Å². The molecule has 0 bridgehead atoms. The van der Waals surface area contributed by atoms with Crippen molar-refractivity contribution in [2.75, 3.05) is 12.1 Å². The third kappa shape index (κ3) is 4.68. The monoisotopic (exact) mass is 589 g/mol. The molecule has 190 valence electrons. The Morgan fingerprint density at radius 3 is 2.68 bits per heavy atom. The normalized spacial score (nSPS) is 15.6. The second-order valence-corrected chi connectivity index (χ2v) is 10.6. The number of benzene rings is 3. The zero-order valence-electron chi connectivity index (χ0n) is 19.8. The Morgan fingerprint density at radius 2 is 1.82 bits per heavy atom. The van der Waals surface area contributed by atoms with Crippen LogP contribution in [0.2, 0.25) is 0 Å². The summed E-state index contributed by atoms with van der Waals surface area (Å²) in [4.78, 5) is 40.3. The molecule has 0 aliphatic carbocycles. The maximum absolute atomic E-state index is 13.2. The molecule has 3 amide bonds. The summed E-state index contributed by atoms with van der Waals surface area (Å²) >= 11 is 4.40. The van der Waals surface area contributed by atoms with Crippen LogP contribution in [0.15, 0.2) is 82.3 Å². The molecule has 3 aromatic carbocycles. The number of thioether (sulfide) groups is 1.